The van der Waals surface area contributed by atoms with Gasteiger partial charge in [-0.05, 0) is 0 Å². The van der Waals surface area contributed by atoms with Gasteiger partial charge in [0.05, 0.1) is 5.02 Å². The van der Waals surface area contributed by atoms with Crippen LogP contribution in [-0.2, 0) is 0 Å². The second-order valence-electron chi connectivity index (χ2n) is 1.66. The molecule has 0 saturated heterocycles. The van der Waals surface area contributed by atoms with E-state index in [1.807, 2.05) is 0 Å². The Labute approximate surface area is 73.8 Å². The Kier molecular flexibility index (Phi) is 2.28. The largest absolute Gasteiger partial charge is 0.382 e. The summed E-state index contributed by atoms with van der Waals surface area (Å²) in [6, 6.07) is 0. The Morgan fingerprint density at radius 1 is 1.40 bits per heavy atom. The minimum atomic E-state index is 0.226. The topological polar surface area (TPSA) is 38.9 Å². The van der Waals surface area contributed by atoms with Crippen molar-refractivity contribution < 1.29 is 0 Å². The summed E-state index contributed by atoms with van der Waals surface area (Å²) >= 11 is 15.2. The Morgan fingerprint density at radius 3 is 2.50 bits per heavy atom. The van der Waals surface area contributed by atoms with Crippen LogP contribution in [0.1, 0.15) is 0 Å². The molecule has 0 aliphatic heterocycles. The standard InChI is InChI=1S/C5H4Cl2N2S/c6-3-2(10)1-9-5(8)4(3)7/h1,10H,(H2,8,9). The van der Waals surface area contributed by atoms with Crippen LogP contribution in [0, 0.1) is 0 Å². The highest BCUT2D eigenvalue weighted by molar-refractivity contribution is 7.80. The highest BCUT2D eigenvalue weighted by atomic mass is 35.5. The summed E-state index contributed by atoms with van der Waals surface area (Å²) in [7, 11) is 0. The third-order valence-electron chi connectivity index (χ3n) is 0.968. The molecule has 0 aromatic carbocycles. The number of anilines is 1. The molecule has 54 valence electrons. The van der Waals surface area contributed by atoms with Crippen molar-refractivity contribution in [2.75, 3.05) is 5.73 Å². The number of hydrogen-bond donors (Lipinski definition) is 2. The zero-order valence-electron chi connectivity index (χ0n) is 4.81. The first-order chi connectivity index (χ1) is 4.63. The molecule has 0 spiro atoms. The Balaban J connectivity index is 3.34. The summed E-state index contributed by atoms with van der Waals surface area (Å²) in [5.41, 5.74) is 5.33. The number of nitrogens with two attached hydrogens (primary N) is 1. The smallest absolute Gasteiger partial charge is 0.143 e. The van der Waals surface area contributed by atoms with Crippen LogP contribution in [0.25, 0.3) is 0 Å². The number of thiol groups is 1. The van der Waals surface area contributed by atoms with E-state index in [9.17, 15) is 0 Å². The molecule has 5 heteroatoms. The van der Waals surface area contributed by atoms with Gasteiger partial charge in [0.2, 0.25) is 0 Å². The van der Waals surface area contributed by atoms with Crippen molar-refractivity contribution in [3.8, 4) is 0 Å². The third kappa shape index (κ3) is 1.31. The van der Waals surface area contributed by atoms with Crippen molar-refractivity contribution in [1.29, 1.82) is 0 Å². The molecule has 0 bridgehead atoms. The van der Waals surface area contributed by atoms with Crippen LogP contribution in [0.5, 0.6) is 0 Å². The van der Waals surface area contributed by atoms with E-state index in [0.29, 0.717) is 9.92 Å². The fourth-order valence-electron chi connectivity index (χ4n) is 0.469. The van der Waals surface area contributed by atoms with E-state index in [4.69, 9.17) is 28.9 Å². The maximum Gasteiger partial charge on any atom is 0.143 e. The molecular weight excluding hydrogens is 191 g/mol. The highest BCUT2D eigenvalue weighted by Crippen LogP contribution is 2.30. The maximum atomic E-state index is 5.65. The normalized spacial score (nSPS) is 9.90. The van der Waals surface area contributed by atoms with Crippen molar-refractivity contribution in [3.63, 3.8) is 0 Å². The van der Waals surface area contributed by atoms with Gasteiger partial charge >= 0.3 is 0 Å². The summed E-state index contributed by atoms with van der Waals surface area (Å²) in [5, 5.41) is 0.603. The van der Waals surface area contributed by atoms with E-state index in [-0.39, 0.29) is 10.8 Å². The van der Waals surface area contributed by atoms with Gasteiger partial charge in [-0.25, -0.2) is 4.98 Å². The van der Waals surface area contributed by atoms with Crippen LogP contribution in [-0.4, -0.2) is 4.98 Å². The molecule has 1 aromatic rings. The van der Waals surface area contributed by atoms with E-state index < -0.39 is 0 Å². The predicted octanol–water partition coefficient (Wildman–Crippen LogP) is 2.26. The molecule has 0 aliphatic carbocycles. The average molecular weight is 195 g/mol. The van der Waals surface area contributed by atoms with Gasteiger partial charge in [-0.15, -0.1) is 12.6 Å². The van der Waals surface area contributed by atoms with Crippen LogP contribution >= 0.6 is 35.8 Å². The van der Waals surface area contributed by atoms with Gasteiger partial charge < -0.3 is 5.73 Å². The first kappa shape index (κ1) is 7.98. The van der Waals surface area contributed by atoms with E-state index in [1.165, 1.54) is 6.20 Å². The van der Waals surface area contributed by atoms with Gasteiger partial charge in [-0.3, -0.25) is 0 Å². The van der Waals surface area contributed by atoms with Crippen molar-refractivity contribution in [2.45, 2.75) is 4.90 Å². The molecule has 0 aliphatic rings. The molecule has 1 aromatic heterocycles. The SMILES string of the molecule is Nc1ncc(S)c(Cl)c1Cl. The predicted molar refractivity (Wildman–Crippen MR) is 45.9 cm³/mol. The van der Waals surface area contributed by atoms with Gasteiger partial charge in [0, 0.05) is 11.1 Å². The molecule has 0 amide bonds. The van der Waals surface area contributed by atoms with Crippen molar-refractivity contribution in [1.82, 2.24) is 4.98 Å². The second-order valence-corrected chi connectivity index (χ2v) is 2.89. The Hall–Kier alpha value is -0.120. The van der Waals surface area contributed by atoms with E-state index in [1.54, 1.807) is 0 Å². The van der Waals surface area contributed by atoms with Crippen molar-refractivity contribution in [2.24, 2.45) is 0 Å². The first-order valence-electron chi connectivity index (χ1n) is 2.41. The maximum absolute atomic E-state index is 5.65. The second kappa shape index (κ2) is 2.86. The fourth-order valence-corrected chi connectivity index (χ4v) is 1.00. The lowest BCUT2D eigenvalue weighted by atomic mass is 10.4. The molecule has 1 heterocycles. The van der Waals surface area contributed by atoms with Gasteiger partial charge in [0.1, 0.15) is 10.8 Å². The Bertz CT molecular complexity index is 237. The van der Waals surface area contributed by atoms with Crippen LogP contribution in [0.15, 0.2) is 11.1 Å². The Morgan fingerprint density at radius 2 is 2.00 bits per heavy atom. The quantitative estimate of drug-likeness (QED) is 0.623. The van der Waals surface area contributed by atoms with Gasteiger partial charge in [-0.2, -0.15) is 0 Å². The lowest BCUT2D eigenvalue weighted by molar-refractivity contribution is 1.25. The molecule has 0 unspecified atom stereocenters. The lowest BCUT2D eigenvalue weighted by Crippen LogP contribution is -1.91. The molecule has 10 heavy (non-hydrogen) atoms. The average Bonchev–Trinajstić information content (AvgIpc) is 1.93. The molecule has 0 radical (unpaired) electrons. The summed E-state index contributed by atoms with van der Waals surface area (Å²) < 4.78 is 0. The van der Waals surface area contributed by atoms with Crippen molar-refractivity contribution >= 4 is 41.6 Å². The van der Waals surface area contributed by atoms with Crippen LogP contribution in [0.4, 0.5) is 5.82 Å². The number of nitrogen functional groups attached to an aromatic ring is 1. The molecule has 2 nitrogen and oxygen atoms in total. The summed E-state index contributed by atoms with van der Waals surface area (Å²) in [4.78, 5) is 4.25. The monoisotopic (exact) mass is 194 g/mol. The van der Waals surface area contributed by atoms with Gasteiger partial charge in [0.25, 0.3) is 0 Å². The third-order valence-corrected chi connectivity index (χ3v) is 2.31. The van der Waals surface area contributed by atoms with E-state index >= 15 is 0 Å². The number of pyridine rings is 1. The van der Waals surface area contributed by atoms with E-state index in [2.05, 4.69) is 17.6 Å². The summed E-state index contributed by atoms with van der Waals surface area (Å²) in [6.07, 6.45) is 1.45. The number of halogens is 2. The molecule has 2 N–H and O–H groups in total. The van der Waals surface area contributed by atoms with Gasteiger partial charge in [-0.1, -0.05) is 23.2 Å². The van der Waals surface area contributed by atoms with Crippen LogP contribution < -0.4 is 5.73 Å². The van der Waals surface area contributed by atoms with Crippen LogP contribution in [0.3, 0.4) is 0 Å². The van der Waals surface area contributed by atoms with Crippen molar-refractivity contribution in [3.05, 3.63) is 16.2 Å². The summed E-state index contributed by atoms with van der Waals surface area (Å²) in [6.45, 7) is 0. The molecule has 0 atom stereocenters. The number of hydrogen-bond acceptors (Lipinski definition) is 3. The van der Waals surface area contributed by atoms with Crippen LogP contribution in [0.2, 0.25) is 10.0 Å². The zero-order valence-corrected chi connectivity index (χ0v) is 7.21. The lowest BCUT2D eigenvalue weighted by Gasteiger charge is -2.00. The molecular formula is C5H4Cl2N2S. The number of aromatic nitrogens is 1. The summed E-state index contributed by atoms with van der Waals surface area (Å²) in [5.74, 6) is 0.226. The number of nitrogens with zero attached hydrogens (tertiary/aromatic N) is 1. The van der Waals surface area contributed by atoms with E-state index in [0.717, 1.165) is 0 Å². The minimum absolute atomic E-state index is 0.226. The molecule has 0 fully saturated rings. The fraction of sp³-hybridized carbons (Fsp3) is 0. The molecule has 0 saturated carbocycles. The number of rotatable bonds is 0. The first-order valence-corrected chi connectivity index (χ1v) is 3.61. The minimum Gasteiger partial charge on any atom is -0.382 e. The molecule has 1 rings (SSSR count). The highest BCUT2D eigenvalue weighted by Gasteiger charge is 2.05. The zero-order chi connectivity index (χ0) is 7.72. The van der Waals surface area contributed by atoms with Gasteiger partial charge in [0.15, 0.2) is 0 Å².